The quantitative estimate of drug-likeness (QED) is 0.511. The van der Waals surface area contributed by atoms with Crippen molar-refractivity contribution in [1.82, 2.24) is 0 Å². The molecular formula is C12H16. The maximum atomic E-state index is 1.67. The van der Waals surface area contributed by atoms with Crippen LogP contribution in [0.2, 0.25) is 0 Å². The lowest BCUT2D eigenvalue weighted by molar-refractivity contribution is 0.214. The third-order valence-electron chi connectivity index (χ3n) is 6.12. The maximum Gasteiger partial charge on any atom is -0.0321 e. The van der Waals surface area contributed by atoms with Crippen LogP contribution >= 0.6 is 0 Å². The van der Waals surface area contributed by atoms with Gasteiger partial charge in [0.2, 0.25) is 0 Å². The van der Waals surface area contributed by atoms with Gasteiger partial charge in [-0.3, -0.25) is 0 Å². The molecule has 2 bridgehead atoms. The second-order valence-corrected chi connectivity index (χ2v) is 6.26. The third kappa shape index (κ3) is 0.418. The Morgan fingerprint density at radius 1 is 0.500 bits per heavy atom. The molecule has 5 aliphatic carbocycles. The topological polar surface area (TPSA) is 0 Å². The van der Waals surface area contributed by atoms with Crippen LogP contribution in [0.4, 0.5) is 0 Å². The molecule has 0 aromatic rings. The minimum atomic E-state index is 1.24. The summed E-state index contributed by atoms with van der Waals surface area (Å²) < 4.78 is 0. The van der Waals surface area contributed by atoms with Gasteiger partial charge in [0.15, 0.2) is 0 Å². The van der Waals surface area contributed by atoms with Gasteiger partial charge >= 0.3 is 0 Å². The fourth-order valence-electron chi connectivity index (χ4n) is 5.75. The van der Waals surface area contributed by atoms with E-state index in [0.29, 0.717) is 0 Å². The van der Waals surface area contributed by atoms with E-state index in [2.05, 4.69) is 0 Å². The van der Waals surface area contributed by atoms with Crippen molar-refractivity contribution in [3.8, 4) is 0 Å². The first kappa shape index (κ1) is 5.67. The highest BCUT2D eigenvalue weighted by Crippen LogP contribution is 2.78. The predicted octanol–water partition coefficient (Wildman–Crippen LogP) is 2.54. The van der Waals surface area contributed by atoms with E-state index >= 15 is 0 Å². The molecule has 0 N–H and O–H groups in total. The maximum absolute atomic E-state index is 1.67. The summed E-state index contributed by atoms with van der Waals surface area (Å²) in [5.41, 5.74) is 0. The molecule has 8 atom stereocenters. The van der Waals surface area contributed by atoms with Gasteiger partial charge in [-0.15, -0.1) is 0 Å². The summed E-state index contributed by atoms with van der Waals surface area (Å²) in [6, 6.07) is 0. The minimum absolute atomic E-state index is 1.24. The Kier molecular flexibility index (Phi) is 0.663. The summed E-state index contributed by atoms with van der Waals surface area (Å²) >= 11 is 0. The smallest absolute Gasteiger partial charge is 0.0321 e. The van der Waals surface area contributed by atoms with Gasteiger partial charge in [-0.1, -0.05) is 0 Å². The third-order valence-corrected chi connectivity index (χ3v) is 6.12. The molecular weight excluding hydrogens is 144 g/mol. The van der Waals surface area contributed by atoms with Gasteiger partial charge in [-0.05, 0) is 73.0 Å². The van der Waals surface area contributed by atoms with Gasteiger partial charge in [0.25, 0.3) is 0 Å². The van der Waals surface area contributed by atoms with Gasteiger partial charge in [0, 0.05) is 0 Å². The first-order valence-corrected chi connectivity index (χ1v) is 5.93. The van der Waals surface area contributed by atoms with Crippen molar-refractivity contribution in [3.05, 3.63) is 0 Å². The van der Waals surface area contributed by atoms with Crippen LogP contribution in [0.3, 0.4) is 0 Å². The summed E-state index contributed by atoms with van der Waals surface area (Å²) in [5.74, 6) is 10.0. The molecule has 0 nitrogen and oxygen atoms in total. The average molecular weight is 160 g/mol. The van der Waals surface area contributed by atoms with E-state index in [9.17, 15) is 0 Å². The second-order valence-electron chi connectivity index (χ2n) is 6.26. The summed E-state index contributed by atoms with van der Waals surface area (Å²) in [7, 11) is 0. The SMILES string of the molecule is C1C2C([C@@H]3C[C@H]13)[C@@H]1C[C@H]2[C@H]2C[C@H]21. The van der Waals surface area contributed by atoms with E-state index in [1.54, 1.807) is 25.7 Å². The molecule has 0 amide bonds. The van der Waals surface area contributed by atoms with Crippen molar-refractivity contribution in [2.24, 2.45) is 47.3 Å². The zero-order valence-corrected chi connectivity index (χ0v) is 7.45. The van der Waals surface area contributed by atoms with Gasteiger partial charge in [-0.25, -0.2) is 0 Å². The molecule has 12 heavy (non-hydrogen) atoms. The van der Waals surface area contributed by atoms with Crippen LogP contribution in [0.1, 0.15) is 25.7 Å². The standard InChI is InChI=1S/C12H16/c1-5-2-10-9-4-11(8-3-7(8)9)12(10)6(1)5/h5-12H,1-4H2/t5-,6-,7+,8-,9+,10?,11-,12?/m1/s1. The van der Waals surface area contributed by atoms with Gasteiger partial charge in [0.05, 0.1) is 0 Å². The zero-order valence-electron chi connectivity index (χ0n) is 7.45. The average Bonchev–Trinajstić information content (AvgIpc) is 2.92. The van der Waals surface area contributed by atoms with Crippen molar-refractivity contribution >= 4 is 0 Å². The van der Waals surface area contributed by atoms with Crippen molar-refractivity contribution in [2.45, 2.75) is 25.7 Å². The molecule has 0 aromatic carbocycles. The van der Waals surface area contributed by atoms with Crippen LogP contribution in [-0.2, 0) is 0 Å². The number of hydrogen-bond acceptors (Lipinski definition) is 0. The molecule has 0 aliphatic heterocycles. The lowest BCUT2D eigenvalue weighted by atomic mass is 9.79. The van der Waals surface area contributed by atoms with E-state index in [1.807, 2.05) is 0 Å². The summed E-state index contributed by atoms with van der Waals surface area (Å²) in [6.45, 7) is 0. The minimum Gasteiger partial charge on any atom is -0.0468 e. The van der Waals surface area contributed by atoms with Crippen LogP contribution in [0, 0.1) is 47.3 Å². The molecule has 5 fully saturated rings. The van der Waals surface area contributed by atoms with Gasteiger partial charge in [0.1, 0.15) is 0 Å². The molecule has 0 radical (unpaired) electrons. The monoisotopic (exact) mass is 160 g/mol. The lowest BCUT2D eigenvalue weighted by Crippen LogP contribution is -2.21. The fraction of sp³-hybridized carbons (Fsp3) is 1.00. The molecule has 0 spiro atoms. The molecule has 5 saturated carbocycles. The van der Waals surface area contributed by atoms with Crippen molar-refractivity contribution in [1.29, 1.82) is 0 Å². The molecule has 0 saturated heterocycles. The highest BCUT2D eigenvalue weighted by molar-refractivity contribution is 5.19. The predicted molar refractivity (Wildman–Crippen MR) is 46.4 cm³/mol. The Balaban J connectivity index is 1.66. The molecule has 0 aromatic heterocycles. The van der Waals surface area contributed by atoms with Crippen LogP contribution in [0.5, 0.6) is 0 Å². The molecule has 0 heteroatoms. The van der Waals surface area contributed by atoms with E-state index in [4.69, 9.17) is 0 Å². The van der Waals surface area contributed by atoms with E-state index < -0.39 is 0 Å². The Hall–Kier alpha value is 0. The normalized spacial score (nSPS) is 80.0. The zero-order chi connectivity index (χ0) is 7.45. The summed E-state index contributed by atoms with van der Waals surface area (Å²) in [4.78, 5) is 0. The van der Waals surface area contributed by atoms with Crippen molar-refractivity contribution in [3.63, 3.8) is 0 Å². The van der Waals surface area contributed by atoms with Crippen molar-refractivity contribution in [2.75, 3.05) is 0 Å². The highest BCUT2D eigenvalue weighted by atomic mass is 14.8. The van der Waals surface area contributed by atoms with E-state index in [1.165, 1.54) is 47.3 Å². The summed E-state index contributed by atoms with van der Waals surface area (Å²) in [6.07, 6.45) is 6.63. The number of rotatable bonds is 0. The summed E-state index contributed by atoms with van der Waals surface area (Å²) in [5, 5.41) is 0. The van der Waals surface area contributed by atoms with Crippen LogP contribution in [0.25, 0.3) is 0 Å². The van der Waals surface area contributed by atoms with Gasteiger partial charge < -0.3 is 0 Å². The lowest BCUT2D eigenvalue weighted by Gasteiger charge is -2.26. The molecule has 64 valence electrons. The van der Waals surface area contributed by atoms with E-state index in [0.717, 1.165) is 0 Å². The second kappa shape index (κ2) is 1.40. The van der Waals surface area contributed by atoms with Crippen LogP contribution < -0.4 is 0 Å². The largest absolute Gasteiger partial charge is 0.0468 e. The molecule has 2 unspecified atom stereocenters. The Labute approximate surface area is 73.7 Å². The Morgan fingerprint density at radius 2 is 1.08 bits per heavy atom. The first-order valence-electron chi connectivity index (χ1n) is 5.93. The Bertz CT molecular complexity index is 265. The van der Waals surface area contributed by atoms with Crippen LogP contribution in [0.15, 0.2) is 0 Å². The first-order chi connectivity index (χ1) is 5.93. The van der Waals surface area contributed by atoms with Crippen LogP contribution in [-0.4, -0.2) is 0 Å². The molecule has 0 heterocycles. The molecule has 5 rings (SSSR count). The molecule has 5 aliphatic rings. The number of fused-ring (bicyclic) bond motifs is 10. The van der Waals surface area contributed by atoms with Crippen molar-refractivity contribution < 1.29 is 0 Å². The highest BCUT2D eigenvalue weighted by Gasteiger charge is 2.71. The number of hydrogen-bond donors (Lipinski definition) is 0. The van der Waals surface area contributed by atoms with Gasteiger partial charge in [-0.2, -0.15) is 0 Å². The fourth-order valence-corrected chi connectivity index (χ4v) is 5.75. The van der Waals surface area contributed by atoms with E-state index in [-0.39, 0.29) is 0 Å². The Morgan fingerprint density at radius 3 is 2.00 bits per heavy atom.